The fourth-order valence-electron chi connectivity index (χ4n) is 1.50. The van der Waals surface area contributed by atoms with Crippen LogP contribution in [0.1, 0.15) is 26.7 Å². The highest BCUT2D eigenvalue weighted by atomic mass is 16.4. The molecule has 12 heavy (non-hydrogen) atoms. The van der Waals surface area contributed by atoms with Gasteiger partial charge >= 0.3 is 5.97 Å². The van der Waals surface area contributed by atoms with Gasteiger partial charge in [-0.15, -0.1) is 0 Å². The summed E-state index contributed by atoms with van der Waals surface area (Å²) in [6, 6.07) is 0.571. The molecule has 1 aliphatic rings. The number of carboxylic acid groups (broad SMARTS) is 1. The van der Waals surface area contributed by atoms with E-state index in [0.717, 1.165) is 5.92 Å². The summed E-state index contributed by atoms with van der Waals surface area (Å²) in [5.41, 5.74) is 0. The first-order valence-electron chi connectivity index (χ1n) is 4.55. The summed E-state index contributed by atoms with van der Waals surface area (Å²) in [5.74, 6) is -0.154. The molecule has 0 saturated heterocycles. The van der Waals surface area contributed by atoms with Crippen molar-refractivity contribution in [2.45, 2.75) is 32.7 Å². The average molecular weight is 171 g/mol. The van der Waals surface area contributed by atoms with E-state index in [1.54, 1.807) is 6.92 Å². The van der Waals surface area contributed by atoms with Crippen molar-refractivity contribution in [1.82, 2.24) is 5.32 Å². The monoisotopic (exact) mass is 171 g/mol. The Morgan fingerprint density at radius 2 is 2.25 bits per heavy atom. The first kappa shape index (κ1) is 9.52. The van der Waals surface area contributed by atoms with Crippen LogP contribution in [-0.4, -0.2) is 23.7 Å². The maximum atomic E-state index is 10.4. The van der Waals surface area contributed by atoms with Crippen LogP contribution in [0.2, 0.25) is 0 Å². The molecule has 1 unspecified atom stereocenters. The van der Waals surface area contributed by atoms with Crippen LogP contribution in [0.15, 0.2) is 0 Å². The Hall–Kier alpha value is -0.570. The highest BCUT2D eigenvalue weighted by Gasteiger charge is 2.25. The highest BCUT2D eigenvalue weighted by molar-refractivity contribution is 5.69. The maximum Gasteiger partial charge on any atom is 0.307 e. The van der Waals surface area contributed by atoms with Gasteiger partial charge in [0.05, 0.1) is 5.92 Å². The fraction of sp³-hybridized carbons (Fsp3) is 0.889. The first-order valence-corrected chi connectivity index (χ1v) is 4.55. The summed E-state index contributed by atoms with van der Waals surface area (Å²) in [5, 5.41) is 11.8. The third-order valence-corrected chi connectivity index (χ3v) is 2.51. The normalized spacial score (nSPS) is 30.8. The molecular weight excluding hydrogens is 154 g/mol. The fourth-order valence-corrected chi connectivity index (χ4v) is 1.50. The quantitative estimate of drug-likeness (QED) is 0.665. The molecule has 0 aromatic carbocycles. The molecular formula is C9H17NO2. The molecule has 0 aliphatic heterocycles. The van der Waals surface area contributed by atoms with Crippen molar-refractivity contribution < 1.29 is 9.90 Å². The van der Waals surface area contributed by atoms with Gasteiger partial charge in [-0.1, -0.05) is 13.8 Å². The summed E-state index contributed by atoms with van der Waals surface area (Å²) in [6.07, 6.45) is 2.40. The third-order valence-electron chi connectivity index (χ3n) is 2.51. The van der Waals surface area contributed by atoms with Gasteiger partial charge in [0, 0.05) is 12.6 Å². The van der Waals surface area contributed by atoms with Crippen LogP contribution >= 0.6 is 0 Å². The molecule has 1 fully saturated rings. The first-order chi connectivity index (χ1) is 5.59. The van der Waals surface area contributed by atoms with Crippen molar-refractivity contribution in [2.75, 3.05) is 6.54 Å². The Balaban J connectivity index is 2.06. The van der Waals surface area contributed by atoms with Gasteiger partial charge in [-0.05, 0) is 18.8 Å². The number of carbonyl (C=O) groups is 1. The standard InChI is InChI=1S/C9H17NO2/c1-6-3-8(4-6)10-5-7(2)9(11)12/h6-8,10H,3-5H2,1-2H3,(H,11,12). The van der Waals surface area contributed by atoms with Crippen LogP contribution in [0.25, 0.3) is 0 Å². The number of hydrogen-bond acceptors (Lipinski definition) is 2. The second kappa shape index (κ2) is 3.90. The SMILES string of the molecule is CC1CC(NCC(C)C(=O)O)C1. The summed E-state index contributed by atoms with van der Waals surface area (Å²) < 4.78 is 0. The molecule has 1 aliphatic carbocycles. The van der Waals surface area contributed by atoms with Crippen molar-refractivity contribution in [1.29, 1.82) is 0 Å². The van der Waals surface area contributed by atoms with Crippen molar-refractivity contribution >= 4 is 5.97 Å². The van der Waals surface area contributed by atoms with Gasteiger partial charge in [0.15, 0.2) is 0 Å². The summed E-state index contributed by atoms with van der Waals surface area (Å²) in [6.45, 7) is 4.56. The van der Waals surface area contributed by atoms with E-state index in [0.29, 0.717) is 12.6 Å². The number of nitrogens with one attached hydrogen (secondary N) is 1. The highest BCUT2D eigenvalue weighted by Crippen LogP contribution is 2.26. The van der Waals surface area contributed by atoms with Crippen molar-refractivity contribution in [2.24, 2.45) is 11.8 Å². The average Bonchev–Trinajstić information content (AvgIpc) is 1.95. The second-order valence-corrected chi connectivity index (χ2v) is 3.92. The Labute approximate surface area is 73.2 Å². The molecule has 3 nitrogen and oxygen atoms in total. The lowest BCUT2D eigenvalue weighted by Gasteiger charge is -2.33. The molecule has 1 saturated carbocycles. The predicted molar refractivity (Wildman–Crippen MR) is 47.0 cm³/mol. The Bertz CT molecular complexity index is 164. The molecule has 0 bridgehead atoms. The van der Waals surface area contributed by atoms with Gasteiger partial charge < -0.3 is 10.4 Å². The van der Waals surface area contributed by atoms with Crippen molar-refractivity contribution in [3.63, 3.8) is 0 Å². The van der Waals surface area contributed by atoms with Crippen molar-refractivity contribution in [3.8, 4) is 0 Å². The van der Waals surface area contributed by atoms with Gasteiger partial charge in [-0.2, -0.15) is 0 Å². The minimum Gasteiger partial charge on any atom is -0.481 e. The zero-order chi connectivity index (χ0) is 9.14. The molecule has 3 heteroatoms. The van der Waals surface area contributed by atoms with E-state index < -0.39 is 5.97 Å². The molecule has 0 radical (unpaired) electrons. The Kier molecular flexibility index (Phi) is 3.09. The zero-order valence-electron chi connectivity index (χ0n) is 7.71. The van der Waals surface area contributed by atoms with Crippen LogP contribution in [0, 0.1) is 11.8 Å². The van der Waals surface area contributed by atoms with Crippen LogP contribution in [0.4, 0.5) is 0 Å². The molecule has 0 spiro atoms. The molecule has 70 valence electrons. The number of aliphatic carboxylic acids is 1. The Morgan fingerprint density at radius 1 is 1.67 bits per heavy atom. The van der Waals surface area contributed by atoms with Crippen LogP contribution in [-0.2, 0) is 4.79 Å². The second-order valence-electron chi connectivity index (χ2n) is 3.92. The molecule has 1 atom stereocenters. The zero-order valence-corrected chi connectivity index (χ0v) is 7.71. The minimum atomic E-state index is -0.713. The van der Waals surface area contributed by atoms with E-state index in [1.807, 2.05) is 0 Å². The van der Waals surface area contributed by atoms with E-state index >= 15 is 0 Å². The van der Waals surface area contributed by atoms with E-state index in [2.05, 4.69) is 12.2 Å². The summed E-state index contributed by atoms with van der Waals surface area (Å²) in [4.78, 5) is 10.4. The molecule has 0 aromatic rings. The number of rotatable bonds is 4. The largest absolute Gasteiger partial charge is 0.481 e. The smallest absolute Gasteiger partial charge is 0.307 e. The molecule has 0 aromatic heterocycles. The topological polar surface area (TPSA) is 49.3 Å². The van der Waals surface area contributed by atoms with E-state index in [-0.39, 0.29) is 5.92 Å². The van der Waals surface area contributed by atoms with Gasteiger partial charge in [-0.3, -0.25) is 4.79 Å². The van der Waals surface area contributed by atoms with Gasteiger partial charge in [0.2, 0.25) is 0 Å². The number of hydrogen-bond donors (Lipinski definition) is 2. The lowest BCUT2D eigenvalue weighted by Crippen LogP contribution is -2.42. The molecule has 1 rings (SSSR count). The molecule has 0 heterocycles. The lowest BCUT2D eigenvalue weighted by molar-refractivity contribution is -0.141. The van der Waals surface area contributed by atoms with E-state index in [1.165, 1.54) is 12.8 Å². The minimum absolute atomic E-state index is 0.263. The van der Waals surface area contributed by atoms with Crippen LogP contribution in [0.5, 0.6) is 0 Å². The number of carboxylic acids is 1. The van der Waals surface area contributed by atoms with E-state index in [9.17, 15) is 4.79 Å². The van der Waals surface area contributed by atoms with Gasteiger partial charge in [-0.25, -0.2) is 0 Å². The summed E-state index contributed by atoms with van der Waals surface area (Å²) in [7, 11) is 0. The third kappa shape index (κ3) is 2.48. The predicted octanol–water partition coefficient (Wildman–Crippen LogP) is 1.10. The van der Waals surface area contributed by atoms with E-state index in [4.69, 9.17) is 5.11 Å². The lowest BCUT2D eigenvalue weighted by atomic mass is 9.82. The Morgan fingerprint density at radius 3 is 2.67 bits per heavy atom. The van der Waals surface area contributed by atoms with Crippen LogP contribution in [0.3, 0.4) is 0 Å². The van der Waals surface area contributed by atoms with Crippen LogP contribution < -0.4 is 5.32 Å². The molecule has 2 N–H and O–H groups in total. The summed E-state index contributed by atoms with van der Waals surface area (Å²) >= 11 is 0. The molecule has 0 amide bonds. The van der Waals surface area contributed by atoms with Gasteiger partial charge in [0.25, 0.3) is 0 Å². The van der Waals surface area contributed by atoms with Gasteiger partial charge in [0.1, 0.15) is 0 Å². The van der Waals surface area contributed by atoms with Crippen molar-refractivity contribution in [3.05, 3.63) is 0 Å². The maximum absolute atomic E-state index is 10.4.